The first-order valence-electron chi connectivity index (χ1n) is 8.86. The minimum Gasteiger partial charge on any atom is -0.308 e. The number of pyridine rings is 1. The lowest BCUT2D eigenvalue weighted by molar-refractivity contribution is 0.144. The molecule has 1 aromatic heterocycles. The molecule has 2 aromatic rings. The molecule has 7 nitrogen and oxygen atoms in total. The highest BCUT2D eigenvalue weighted by atomic mass is 19.1. The van der Waals surface area contributed by atoms with Crippen LogP contribution in [0.1, 0.15) is 19.4 Å². The van der Waals surface area contributed by atoms with Crippen molar-refractivity contribution in [1.29, 1.82) is 0 Å². The maximum absolute atomic E-state index is 14.4. The van der Waals surface area contributed by atoms with E-state index < -0.39 is 11.7 Å². The van der Waals surface area contributed by atoms with Gasteiger partial charge in [-0.3, -0.25) is 15.3 Å². The second kappa shape index (κ2) is 6.88. The van der Waals surface area contributed by atoms with E-state index in [1.807, 2.05) is 13.8 Å². The van der Waals surface area contributed by atoms with Crippen molar-refractivity contribution in [3.05, 3.63) is 72.1 Å². The van der Waals surface area contributed by atoms with Gasteiger partial charge in [0.25, 0.3) is 0 Å². The number of nitrogens with one attached hydrogen (secondary N) is 2. The van der Waals surface area contributed by atoms with Gasteiger partial charge in [-0.15, -0.1) is 0 Å². The van der Waals surface area contributed by atoms with E-state index >= 15 is 0 Å². The molecule has 0 spiro atoms. The topological polar surface area (TPSA) is 82.0 Å². The van der Waals surface area contributed by atoms with Gasteiger partial charge in [-0.25, -0.2) is 14.2 Å². The zero-order chi connectivity index (χ0) is 19.7. The molecule has 28 heavy (non-hydrogen) atoms. The summed E-state index contributed by atoms with van der Waals surface area (Å²) >= 11 is 0. The Bertz CT molecular complexity index is 1000. The van der Waals surface area contributed by atoms with Crippen LogP contribution < -0.4 is 10.6 Å². The molecule has 3 heterocycles. The molecular formula is C20H19FN6O. The molecule has 0 saturated carbocycles. The molecule has 2 atom stereocenters. The minimum atomic E-state index is -0.758. The van der Waals surface area contributed by atoms with Crippen molar-refractivity contribution in [3.63, 3.8) is 0 Å². The van der Waals surface area contributed by atoms with Crippen LogP contribution in [0.5, 0.6) is 0 Å². The van der Waals surface area contributed by atoms with E-state index in [1.54, 1.807) is 60.0 Å². The summed E-state index contributed by atoms with van der Waals surface area (Å²) in [5, 5.41) is 11.6. The Kier molecular flexibility index (Phi) is 4.38. The summed E-state index contributed by atoms with van der Waals surface area (Å²) in [6.07, 6.45) is 6.57. The monoisotopic (exact) mass is 378 g/mol. The number of nitrogens with zero attached hydrogens (tertiary/aromatic N) is 4. The number of carbonyl (C=O) groups is 1. The Morgan fingerprint density at radius 1 is 1.18 bits per heavy atom. The number of hydrazone groups is 1. The Morgan fingerprint density at radius 2 is 1.93 bits per heavy atom. The quantitative estimate of drug-likeness (QED) is 0.859. The van der Waals surface area contributed by atoms with Crippen LogP contribution in [0, 0.1) is 11.7 Å². The molecular weight excluding hydrogens is 359 g/mol. The summed E-state index contributed by atoms with van der Waals surface area (Å²) in [6.45, 7) is 3.88. The number of allylic oxidation sites excluding steroid dienone is 1. The number of rotatable bonds is 3. The number of amides is 2. The van der Waals surface area contributed by atoms with Gasteiger partial charge in [0.15, 0.2) is 5.66 Å². The number of carbonyl (C=O) groups excluding carboxylic acids is 1. The van der Waals surface area contributed by atoms with Gasteiger partial charge in [0.2, 0.25) is 0 Å². The summed E-state index contributed by atoms with van der Waals surface area (Å²) in [5.74, 6) is 0.0210. The summed E-state index contributed by atoms with van der Waals surface area (Å²) in [7, 11) is 0. The Hall–Kier alpha value is -3.55. The second-order valence-electron chi connectivity index (χ2n) is 6.78. The van der Waals surface area contributed by atoms with E-state index in [2.05, 4.69) is 20.7 Å². The van der Waals surface area contributed by atoms with Gasteiger partial charge in [0.05, 0.1) is 5.71 Å². The van der Waals surface area contributed by atoms with Gasteiger partial charge < -0.3 is 5.32 Å². The molecule has 0 bridgehead atoms. The first-order valence-corrected chi connectivity index (χ1v) is 8.86. The van der Waals surface area contributed by atoms with Crippen molar-refractivity contribution in [2.24, 2.45) is 16.0 Å². The lowest BCUT2D eigenvalue weighted by atomic mass is 9.95. The molecule has 0 fully saturated rings. The first-order chi connectivity index (χ1) is 13.5. The van der Waals surface area contributed by atoms with Gasteiger partial charge in [-0.05, 0) is 31.2 Å². The summed E-state index contributed by atoms with van der Waals surface area (Å²) in [6, 6.07) is 9.35. The highest BCUT2D eigenvalue weighted by molar-refractivity contribution is 6.10. The fourth-order valence-corrected chi connectivity index (χ4v) is 3.15. The number of aliphatic imine (C=N–C) groups is 1. The highest BCUT2D eigenvalue weighted by Gasteiger charge is 2.45. The Morgan fingerprint density at radius 3 is 2.68 bits per heavy atom. The fraction of sp³-hybridized carbons (Fsp3) is 0.200. The molecule has 0 saturated heterocycles. The maximum Gasteiger partial charge on any atom is 0.324 e. The lowest BCUT2D eigenvalue weighted by Crippen LogP contribution is -2.49. The van der Waals surface area contributed by atoms with Gasteiger partial charge in [-0.2, -0.15) is 5.10 Å². The van der Waals surface area contributed by atoms with Gasteiger partial charge in [-0.1, -0.05) is 19.1 Å². The van der Waals surface area contributed by atoms with E-state index in [4.69, 9.17) is 4.99 Å². The fourth-order valence-electron chi connectivity index (χ4n) is 3.15. The molecule has 142 valence electrons. The van der Waals surface area contributed by atoms with Gasteiger partial charge >= 0.3 is 6.03 Å². The molecule has 1 aromatic carbocycles. The maximum atomic E-state index is 14.4. The lowest BCUT2D eigenvalue weighted by Gasteiger charge is -2.38. The molecule has 2 unspecified atom stereocenters. The van der Waals surface area contributed by atoms with E-state index in [1.165, 1.54) is 6.07 Å². The summed E-state index contributed by atoms with van der Waals surface area (Å²) in [4.78, 5) is 21.2. The summed E-state index contributed by atoms with van der Waals surface area (Å²) in [5.41, 5.74) is 0.670. The zero-order valence-electron chi connectivity index (χ0n) is 15.4. The summed E-state index contributed by atoms with van der Waals surface area (Å²) < 4.78 is 14.4. The van der Waals surface area contributed by atoms with Crippen molar-refractivity contribution in [2.75, 3.05) is 5.32 Å². The minimum absolute atomic E-state index is 0.0250. The number of halogens is 1. The number of urea groups is 1. The number of hydrogen-bond donors (Lipinski definition) is 2. The number of fused-ring (bicyclic) bond motifs is 1. The van der Waals surface area contributed by atoms with Gasteiger partial charge in [0, 0.05) is 41.9 Å². The first kappa shape index (κ1) is 17.8. The van der Waals surface area contributed by atoms with Crippen LogP contribution in [-0.2, 0) is 0 Å². The predicted molar refractivity (Wildman–Crippen MR) is 105 cm³/mol. The number of anilines is 1. The largest absolute Gasteiger partial charge is 0.324 e. The van der Waals surface area contributed by atoms with Crippen LogP contribution in [0.4, 0.5) is 14.9 Å². The van der Waals surface area contributed by atoms with E-state index in [9.17, 15) is 9.18 Å². The SMILES string of the molecule is CC1C=NN2C(NC(=O)Nc3ccncc3)=CC(c3ccccc3F)=NC12C. The van der Waals surface area contributed by atoms with Crippen molar-refractivity contribution in [3.8, 4) is 0 Å². The third-order valence-electron chi connectivity index (χ3n) is 4.88. The van der Waals surface area contributed by atoms with Crippen LogP contribution in [0.15, 0.2) is 70.8 Å². The molecule has 2 N–H and O–H groups in total. The van der Waals surface area contributed by atoms with Crippen molar-refractivity contribution in [1.82, 2.24) is 15.3 Å². The van der Waals surface area contributed by atoms with Crippen molar-refractivity contribution >= 4 is 23.6 Å². The molecule has 2 aliphatic heterocycles. The number of aromatic nitrogens is 1. The van der Waals surface area contributed by atoms with E-state index in [-0.39, 0.29) is 11.7 Å². The molecule has 0 aliphatic carbocycles. The van der Waals surface area contributed by atoms with Crippen LogP contribution >= 0.6 is 0 Å². The average Bonchev–Trinajstić information content (AvgIpc) is 2.98. The van der Waals surface area contributed by atoms with Crippen LogP contribution in [0.3, 0.4) is 0 Å². The normalized spacial score (nSPS) is 23.0. The Labute approximate surface area is 161 Å². The van der Waals surface area contributed by atoms with E-state index in [0.29, 0.717) is 22.8 Å². The number of hydrogen-bond acceptors (Lipinski definition) is 5. The predicted octanol–water partition coefficient (Wildman–Crippen LogP) is 3.34. The molecule has 2 aliphatic rings. The standard InChI is InChI=1S/C20H19FN6O/c1-13-12-23-27-18(25-19(28)24-14-7-9-22-10-8-14)11-17(26-20(13,27)2)15-5-3-4-6-16(15)21/h3-13H,1-2H3,(H2,22,24,25,28). The third-order valence-corrected chi connectivity index (χ3v) is 4.88. The van der Waals surface area contributed by atoms with Crippen LogP contribution in [-0.4, -0.2) is 33.6 Å². The third kappa shape index (κ3) is 3.13. The van der Waals surface area contributed by atoms with Crippen LogP contribution in [0.25, 0.3) is 0 Å². The molecule has 0 radical (unpaired) electrons. The smallest absolute Gasteiger partial charge is 0.308 e. The Balaban J connectivity index is 1.66. The second-order valence-corrected chi connectivity index (χ2v) is 6.78. The highest BCUT2D eigenvalue weighted by Crippen LogP contribution is 2.37. The zero-order valence-corrected chi connectivity index (χ0v) is 15.4. The average molecular weight is 378 g/mol. The van der Waals surface area contributed by atoms with Crippen LogP contribution in [0.2, 0.25) is 0 Å². The molecule has 4 rings (SSSR count). The van der Waals surface area contributed by atoms with Gasteiger partial charge in [0.1, 0.15) is 11.6 Å². The number of benzene rings is 1. The van der Waals surface area contributed by atoms with Crippen molar-refractivity contribution < 1.29 is 9.18 Å². The van der Waals surface area contributed by atoms with E-state index in [0.717, 1.165) is 0 Å². The molecule has 8 heteroatoms. The van der Waals surface area contributed by atoms with Crippen molar-refractivity contribution in [2.45, 2.75) is 19.5 Å². The molecule has 2 amide bonds.